The number of hydrogen-bond donors (Lipinski definition) is 1. The first kappa shape index (κ1) is 16.3. The molecule has 0 aliphatic rings. The third kappa shape index (κ3) is 3.96. The molecule has 1 atom stereocenters. The highest BCUT2D eigenvalue weighted by Gasteiger charge is 2.35. The highest BCUT2D eigenvalue weighted by Crippen LogP contribution is 2.36. The number of alkyl halides is 3. The van der Waals surface area contributed by atoms with Gasteiger partial charge in [0.2, 0.25) is 0 Å². The summed E-state index contributed by atoms with van der Waals surface area (Å²) < 4.78 is 53.1. The number of nitrogens with one attached hydrogen (secondary N) is 1. The van der Waals surface area contributed by atoms with E-state index in [9.17, 15) is 17.6 Å². The molecule has 1 aromatic heterocycles. The summed E-state index contributed by atoms with van der Waals surface area (Å²) in [6, 6.07) is 5.32. The Balaban J connectivity index is 2.39. The molecule has 0 amide bonds. The van der Waals surface area contributed by atoms with Crippen molar-refractivity contribution in [3.63, 3.8) is 0 Å². The molecule has 21 heavy (non-hydrogen) atoms. The van der Waals surface area contributed by atoms with Crippen LogP contribution < -0.4 is 5.32 Å². The molecule has 0 aliphatic heterocycles. The molecule has 1 nitrogen and oxygen atoms in total. The number of halogens is 5. The van der Waals surface area contributed by atoms with Crippen molar-refractivity contribution < 1.29 is 17.6 Å². The first-order chi connectivity index (χ1) is 9.81. The van der Waals surface area contributed by atoms with Gasteiger partial charge in [-0.1, -0.05) is 11.6 Å². The number of likely N-dealkylation sites (N-methyl/N-ethyl adjacent to an activating group) is 1. The number of rotatable bonds is 4. The second-order valence-corrected chi connectivity index (χ2v) is 6.28. The molecule has 1 unspecified atom stereocenters. The van der Waals surface area contributed by atoms with E-state index in [0.717, 1.165) is 23.1 Å². The van der Waals surface area contributed by atoms with Crippen LogP contribution in [0.5, 0.6) is 0 Å². The van der Waals surface area contributed by atoms with Gasteiger partial charge < -0.3 is 5.32 Å². The Morgan fingerprint density at radius 2 is 1.95 bits per heavy atom. The zero-order valence-electron chi connectivity index (χ0n) is 11.0. The Labute approximate surface area is 128 Å². The summed E-state index contributed by atoms with van der Waals surface area (Å²) in [5.41, 5.74) is -0.930. The van der Waals surface area contributed by atoms with Crippen LogP contribution in [0.1, 0.15) is 22.0 Å². The van der Waals surface area contributed by atoms with Crippen LogP contribution in [0.4, 0.5) is 17.6 Å². The Morgan fingerprint density at radius 3 is 2.48 bits per heavy atom. The summed E-state index contributed by atoms with van der Waals surface area (Å²) in [5, 5.41) is 2.81. The quantitative estimate of drug-likeness (QED) is 0.769. The van der Waals surface area contributed by atoms with Crippen molar-refractivity contribution in [2.45, 2.75) is 18.6 Å². The van der Waals surface area contributed by atoms with Gasteiger partial charge in [0.25, 0.3) is 0 Å². The van der Waals surface area contributed by atoms with Gasteiger partial charge in [0.05, 0.1) is 9.90 Å². The monoisotopic (exact) mass is 337 g/mol. The minimum Gasteiger partial charge on any atom is -0.313 e. The fourth-order valence-electron chi connectivity index (χ4n) is 2.11. The first-order valence-corrected chi connectivity index (χ1v) is 7.29. The molecule has 7 heteroatoms. The van der Waals surface area contributed by atoms with Crippen molar-refractivity contribution in [3.8, 4) is 0 Å². The maximum absolute atomic E-state index is 13.4. The van der Waals surface area contributed by atoms with Crippen molar-refractivity contribution in [3.05, 3.63) is 56.5 Å². The normalized spacial score (nSPS) is 13.4. The second-order valence-electron chi connectivity index (χ2n) is 4.48. The maximum Gasteiger partial charge on any atom is 0.416 e. The Morgan fingerprint density at radius 1 is 1.24 bits per heavy atom. The second kappa shape index (κ2) is 6.34. The molecule has 2 rings (SSSR count). The van der Waals surface area contributed by atoms with Gasteiger partial charge in [-0.15, -0.1) is 11.3 Å². The van der Waals surface area contributed by atoms with Crippen LogP contribution in [0, 0.1) is 5.82 Å². The van der Waals surface area contributed by atoms with Gasteiger partial charge in [-0.05, 0) is 42.9 Å². The zero-order chi connectivity index (χ0) is 15.6. The van der Waals surface area contributed by atoms with E-state index in [1.807, 2.05) is 0 Å². The third-order valence-electron chi connectivity index (χ3n) is 3.08. The average Bonchev–Trinajstić information content (AvgIpc) is 2.80. The molecule has 1 N–H and O–H groups in total. The minimum atomic E-state index is -4.52. The lowest BCUT2D eigenvalue weighted by atomic mass is 9.97. The van der Waals surface area contributed by atoms with Crippen LogP contribution in [0.15, 0.2) is 30.3 Å². The number of benzene rings is 1. The predicted molar refractivity (Wildman–Crippen MR) is 76.2 cm³/mol. The highest BCUT2D eigenvalue weighted by molar-refractivity contribution is 7.16. The largest absolute Gasteiger partial charge is 0.416 e. The zero-order valence-corrected chi connectivity index (χ0v) is 12.5. The van der Waals surface area contributed by atoms with E-state index >= 15 is 0 Å². The van der Waals surface area contributed by atoms with E-state index in [2.05, 4.69) is 5.32 Å². The molecule has 0 saturated heterocycles. The molecule has 0 spiro atoms. The maximum atomic E-state index is 13.4. The highest BCUT2D eigenvalue weighted by atomic mass is 35.5. The summed E-state index contributed by atoms with van der Waals surface area (Å²) in [5.74, 6) is -0.692. The van der Waals surface area contributed by atoms with Crippen molar-refractivity contribution in [1.29, 1.82) is 0 Å². The lowest BCUT2D eigenvalue weighted by molar-refractivity contribution is -0.138. The smallest absolute Gasteiger partial charge is 0.313 e. The molecular formula is C14H12ClF4NS. The topological polar surface area (TPSA) is 12.0 Å². The molecule has 2 aromatic rings. The Bertz CT molecular complexity index is 624. The molecule has 0 radical (unpaired) electrons. The number of hydrogen-bond acceptors (Lipinski definition) is 2. The molecular weight excluding hydrogens is 326 g/mol. The molecule has 0 saturated carbocycles. The van der Waals surface area contributed by atoms with Gasteiger partial charge >= 0.3 is 6.18 Å². The Hall–Kier alpha value is -1.11. The third-order valence-corrected chi connectivity index (χ3v) is 4.33. The fraction of sp³-hybridized carbons (Fsp3) is 0.286. The van der Waals surface area contributed by atoms with E-state index in [1.165, 1.54) is 11.3 Å². The Kier molecular flexibility index (Phi) is 4.91. The molecule has 114 valence electrons. The molecule has 1 aromatic carbocycles. The van der Waals surface area contributed by atoms with E-state index in [4.69, 9.17) is 11.6 Å². The van der Waals surface area contributed by atoms with Crippen molar-refractivity contribution in [2.24, 2.45) is 0 Å². The standard InChI is InChI=1S/C14H12ClF4NS/c1-20-12(7-9-3-5-13(15)21-9)10-6-8(16)2-4-11(10)14(17,18)19/h2-6,12,20H,7H2,1H3. The first-order valence-electron chi connectivity index (χ1n) is 6.09. The summed E-state index contributed by atoms with van der Waals surface area (Å²) in [6.07, 6.45) is -4.22. The average molecular weight is 338 g/mol. The van der Waals surface area contributed by atoms with Crippen LogP contribution >= 0.6 is 22.9 Å². The van der Waals surface area contributed by atoms with Gasteiger partial charge in [0.1, 0.15) is 5.82 Å². The summed E-state index contributed by atoms with van der Waals surface area (Å²) >= 11 is 7.11. The molecule has 1 heterocycles. The molecule has 0 aliphatic carbocycles. The van der Waals surface area contributed by atoms with Gasteiger partial charge in [0.15, 0.2) is 0 Å². The van der Waals surface area contributed by atoms with Crippen molar-refractivity contribution in [1.82, 2.24) is 5.32 Å². The van der Waals surface area contributed by atoms with E-state index < -0.39 is 23.6 Å². The lowest BCUT2D eigenvalue weighted by Gasteiger charge is -2.21. The molecule has 0 fully saturated rings. The van der Waals surface area contributed by atoms with Crippen LogP contribution in [0.25, 0.3) is 0 Å². The van der Waals surface area contributed by atoms with Crippen LogP contribution in [0.3, 0.4) is 0 Å². The van der Waals surface area contributed by atoms with Crippen molar-refractivity contribution in [2.75, 3.05) is 7.05 Å². The van der Waals surface area contributed by atoms with Crippen molar-refractivity contribution >= 4 is 22.9 Å². The minimum absolute atomic E-state index is 0.102. The van der Waals surface area contributed by atoms with Gasteiger partial charge in [-0.25, -0.2) is 4.39 Å². The van der Waals surface area contributed by atoms with Gasteiger partial charge in [-0.2, -0.15) is 13.2 Å². The van der Waals surface area contributed by atoms with E-state index in [-0.39, 0.29) is 5.56 Å². The van der Waals surface area contributed by atoms with E-state index in [0.29, 0.717) is 10.8 Å². The summed E-state index contributed by atoms with van der Waals surface area (Å²) in [6.45, 7) is 0. The fourth-order valence-corrected chi connectivity index (χ4v) is 3.24. The predicted octanol–water partition coefficient (Wildman–Crippen LogP) is 5.06. The SMILES string of the molecule is CNC(Cc1ccc(Cl)s1)c1cc(F)ccc1C(F)(F)F. The van der Waals surface area contributed by atoms with Crippen LogP contribution in [-0.2, 0) is 12.6 Å². The lowest BCUT2D eigenvalue weighted by Crippen LogP contribution is -2.22. The number of thiophene rings is 1. The van der Waals surface area contributed by atoms with E-state index in [1.54, 1.807) is 19.2 Å². The van der Waals surface area contributed by atoms with Crippen LogP contribution in [-0.4, -0.2) is 7.05 Å². The van der Waals surface area contributed by atoms with Crippen LogP contribution in [0.2, 0.25) is 4.34 Å². The summed E-state index contributed by atoms with van der Waals surface area (Å²) in [7, 11) is 1.55. The summed E-state index contributed by atoms with van der Waals surface area (Å²) in [4.78, 5) is 0.830. The van der Waals surface area contributed by atoms with Gasteiger partial charge in [-0.3, -0.25) is 0 Å². The van der Waals surface area contributed by atoms with Gasteiger partial charge in [0, 0.05) is 17.3 Å². The molecule has 0 bridgehead atoms.